The zero-order chi connectivity index (χ0) is 25.9. The SMILES string of the molecule is C1CCCCC1.C=C(CC(OC(=C)CC(C)CC)C(C)CCCC)NCC(=O)NC(C)C(=O)O. The van der Waals surface area contributed by atoms with Crippen LogP contribution in [0.25, 0.3) is 0 Å². The van der Waals surface area contributed by atoms with Crippen LogP contribution in [-0.2, 0) is 14.3 Å². The third kappa shape index (κ3) is 16.6. The van der Waals surface area contributed by atoms with Crippen molar-refractivity contribution in [3.8, 4) is 0 Å². The van der Waals surface area contributed by atoms with Crippen LogP contribution in [0.1, 0.15) is 112 Å². The lowest BCUT2D eigenvalue weighted by molar-refractivity contribution is -0.141. The minimum absolute atomic E-state index is 0.0136. The molecule has 0 aromatic heterocycles. The lowest BCUT2D eigenvalue weighted by Crippen LogP contribution is -2.42. The molecule has 6 nitrogen and oxygen atoms in total. The van der Waals surface area contributed by atoms with Gasteiger partial charge in [0.25, 0.3) is 0 Å². The minimum atomic E-state index is -1.06. The maximum Gasteiger partial charge on any atom is 0.325 e. The molecule has 0 spiro atoms. The van der Waals surface area contributed by atoms with Gasteiger partial charge in [-0.1, -0.05) is 98.6 Å². The summed E-state index contributed by atoms with van der Waals surface area (Å²) in [6, 6.07) is -0.920. The van der Waals surface area contributed by atoms with Gasteiger partial charge in [-0.2, -0.15) is 0 Å². The molecule has 1 fully saturated rings. The molecular weight excluding hydrogens is 428 g/mol. The summed E-state index contributed by atoms with van der Waals surface area (Å²) in [7, 11) is 0. The summed E-state index contributed by atoms with van der Waals surface area (Å²) in [5.74, 6) is 0.218. The van der Waals surface area contributed by atoms with Gasteiger partial charge in [-0.3, -0.25) is 9.59 Å². The third-order valence-corrected chi connectivity index (χ3v) is 6.43. The van der Waals surface area contributed by atoms with Crippen molar-refractivity contribution in [1.82, 2.24) is 10.6 Å². The molecule has 198 valence electrons. The van der Waals surface area contributed by atoms with Crippen molar-refractivity contribution in [3.05, 3.63) is 24.6 Å². The number of aliphatic carboxylic acids is 1. The van der Waals surface area contributed by atoms with Crippen molar-refractivity contribution in [1.29, 1.82) is 0 Å². The van der Waals surface area contributed by atoms with Gasteiger partial charge in [0, 0.05) is 18.5 Å². The zero-order valence-corrected chi connectivity index (χ0v) is 22.6. The molecule has 0 saturated heterocycles. The van der Waals surface area contributed by atoms with Gasteiger partial charge in [-0.25, -0.2) is 0 Å². The van der Waals surface area contributed by atoms with Gasteiger partial charge in [0.15, 0.2) is 0 Å². The fourth-order valence-corrected chi connectivity index (χ4v) is 3.80. The van der Waals surface area contributed by atoms with Gasteiger partial charge in [0.2, 0.25) is 5.91 Å². The van der Waals surface area contributed by atoms with E-state index >= 15 is 0 Å². The van der Waals surface area contributed by atoms with Gasteiger partial charge in [0.1, 0.15) is 12.1 Å². The quantitative estimate of drug-likeness (QED) is 0.217. The van der Waals surface area contributed by atoms with Gasteiger partial charge in [-0.05, 0) is 25.2 Å². The fourth-order valence-electron chi connectivity index (χ4n) is 3.80. The number of ether oxygens (including phenoxy) is 1. The average Bonchev–Trinajstić information content (AvgIpc) is 2.82. The second kappa shape index (κ2) is 19.3. The molecule has 0 aliphatic heterocycles. The number of carbonyl (C=O) groups is 2. The van der Waals surface area contributed by atoms with Gasteiger partial charge in [0.05, 0.1) is 12.3 Å². The van der Waals surface area contributed by atoms with Crippen LogP contribution in [0.2, 0.25) is 0 Å². The Balaban J connectivity index is 0.00000156. The molecule has 4 unspecified atom stereocenters. The maximum atomic E-state index is 11.8. The lowest BCUT2D eigenvalue weighted by atomic mass is 9.94. The van der Waals surface area contributed by atoms with Crippen LogP contribution in [0.5, 0.6) is 0 Å². The highest BCUT2D eigenvalue weighted by atomic mass is 16.5. The molecule has 0 aromatic carbocycles. The number of nitrogens with one attached hydrogen (secondary N) is 2. The first-order chi connectivity index (χ1) is 16.1. The van der Waals surface area contributed by atoms with Gasteiger partial charge in [-0.15, -0.1) is 0 Å². The summed E-state index contributed by atoms with van der Waals surface area (Å²) in [5, 5.41) is 14.2. The van der Waals surface area contributed by atoms with E-state index in [0.717, 1.165) is 37.9 Å². The Morgan fingerprint density at radius 1 is 0.971 bits per heavy atom. The fraction of sp³-hybridized carbons (Fsp3) is 0.786. The van der Waals surface area contributed by atoms with E-state index in [1.807, 2.05) is 0 Å². The Labute approximate surface area is 209 Å². The summed E-state index contributed by atoms with van der Waals surface area (Å²) in [4.78, 5) is 22.6. The molecule has 6 heteroatoms. The highest BCUT2D eigenvalue weighted by Gasteiger charge is 2.21. The lowest BCUT2D eigenvalue weighted by Gasteiger charge is -2.28. The summed E-state index contributed by atoms with van der Waals surface area (Å²) in [6.07, 6.45) is 14.8. The number of unbranched alkanes of at least 4 members (excludes halogenated alkanes) is 1. The number of carbonyl (C=O) groups excluding carboxylic acids is 1. The van der Waals surface area contributed by atoms with E-state index in [2.05, 4.69) is 51.5 Å². The maximum absolute atomic E-state index is 11.8. The minimum Gasteiger partial charge on any atom is -0.495 e. The van der Waals surface area contributed by atoms with Crippen LogP contribution in [0.4, 0.5) is 0 Å². The van der Waals surface area contributed by atoms with Crippen molar-refractivity contribution in [2.45, 2.75) is 124 Å². The standard InChI is InChI=1S/C22H40N2O4.C6H12/c1-8-10-11-16(4)20(28-18(6)12-15(3)9-2)13-17(5)23-14-21(25)24-19(7)22(26)27;1-2-4-6-5-3-1/h15-16,19-20,23H,5-6,8-14H2,1-4,7H3,(H,24,25)(H,26,27);1-6H2. The largest absolute Gasteiger partial charge is 0.495 e. The highest BCUT2D eigenvalue weighted by Crippen LogP contribution is 2.25. The Bertz CT molecular complexity index is 590. The Morgan fingerprint density at radius 2 is 1.53 bits per heavy atom. The predicted octanol–water partition coefficient (Wildman–Crippen LogP) is 6.57. The van der Waals surface area contributed by atoms with E-state index in [-0.39, 0.29) is 18.6 Å². The van der Waals surface area contributed by atoms with E-state index < -0.39 is 12.0 Å². The number of rotatable bonds is 16. The number of amides is 1. The molecule has 1 aliphatic rings. The second-order valence-corrected chi connectivity index (χ2v) is 9.94. The van der Waals surface area contributed by atoms with E-state index in [1.165, 1.54) is 45.4 Å². The van der Waals surface area contributed by atoms with Crippen LogP contribution in [0, 0.1) is 11.8 Å². The van der Waals surface area contributed by atoms with E-state index in [0.29, 0.717) is 24.0 Å². The number of carboxylic acid groups (broad SMARTS) is 1. The predicted molar refractivity (Wildman–Crippen MR) is 141 cm³/mol. The highest BCUT2D eigenvalue weighted by molar-refractivity contribution is 5.84. The first-order valence-corrected chi connectivity index (χ1v) is 13.4. The molecule has 4 atom stereocenters. The molecule has 0 radical (unpaired) electrons. The Morgan fingerprint density at radius 3 is 2.00 bits per heavy atom. The smallest absolute Gasteiger partial charge is 0.325 e. The first kappa shape index (κ1) is 32.0. The van der Waals surface area contributed by atoms with Gasteiger partial charge >= 0.3 is 5.97 Å². The van der Waals surface area contributed by atoms with Crippen molar-refractivity contribution in [2.75, 3.05) is 6.54 Å². The van der Waals surface area contributed by atoms with Crippen LogP contribution < -0.4 is 10.6 Å². The molecule has 0 aromatic rings. The molecule has 0 heterocycles. The van der Waals surface area contributed by atoms with Crippen molar-refractivity contribution < 1.29 is 19.4 Å². The van der Waals surface area contributed by atoms with Crippen LogP contribution in [0.15, 0.2) is 24.6 Å². The molecular formula is C28H52N2O4. The Kier molecular flexibility index (Phi) is 18.2. The number of allylic oxidation sites excluding steroid dienone is 1. The third-order valence-electron chi connectivity index (χ3n) is 6.43. The second-order valence-electron chi connectivity index (χ2n) is 9.94. The number of hydrogen-bond acceptors (Lipinski definition) is 4. The summed E-state index contributed by atoms with van der Waals surface area (Å²) < 4.78 is 6.18. The zero-order valence-electron chi connectivity index (χ0n) is 22.6. The number of carboxylic acids is 1. The summed E-state index contributed by atoms with van der Waals surface area (Å²) in [6.45, 7) is 18.2. The topological polar surface area (TPSA) is 87.7 Å². The first-order valence-electron chi connectivity index (χ1n) is 13.4. The molecule has 34 heavy (non-hydrogen) atoms. The molecule has 0 bridgehead atoms. The van der Waals surface area contributed by atoms with Gasteiger partial charge < -0.3 is 20.5 Å². The van der Waals surface area contributed by atoms with E-state index in [4.69, 9.17) is 9.84 Å². The van der Waals surface area contributed by atoms with E-state index in [1.54, 1.807) is 0 Å². The summed E-state index contributed by atoms with van der Waals surface area (Å²) in [5.41, 5.74) is 0.697. The summed E-state index contributed by atoms with van der Waals surface area (Å²) >= 11 is 0. The average molecular weight is 481 g/mol. The van der Waals surface area contributed by atoms with Crippen molar-refractivity contribution in [3.63, 3.8) is 0 Å². The molecule has 1 amide bonds. The normalized spacial score (nSPS) is 16.6. The van der Waals surface area contributed by atoms with E-state index in [9.17, 15) is 9.59 Å². The van der Waals surface area contributed by atoms with Crippen LogP contribution >= 0.6 is 0 Å². The molecule has 1 aliphatic carbocycles. The molecule has 3 N–H and O–H groups in total. The monoisotopic (exact) mass is 480 g/mol. The van der Waals surface area contributed by atoms with Crippen molar-refractivity contribution in [2.24, 2.45) is 11.8 Å². The molecule has 1 saturated carbocycles. The molecule has 1 rings (SSSR count). The number of hydrogen-bond donors (Lipinski definition) is 3. The van der Waals surface area contributed by atoms with Crippen molar-refractivity contribution >= 4 is 11.9 Å². The van der Waals surface area contributed by atoms with Crippen LogP contribution in [-0.4, -0.2) is 35.7 Å². The Hall–Kier alpha value is -1.98. The van der Waals surface area contributed by atoms with Crippen LogP contribution in [0.3, 0.4) is 0 Å².